The fraction of sp³-hybridized carbons (Fsp3) is 0.636. The van der Waals surface area contributed by atoms with E-state index in [4.69, 9.17) is 9.84 Å². The van der Waals surface area contributed by atoms with Crippen LogP contribution in [-0.2, 0) is 4.74 Å². The predicted molar refractivity (Wildman–Crippen MR) is 65.8 cm³/mol. The Morgan fingerprint density at radius 3 is 2.90 bits per heavy atom. The van der Waals surface area contributed by atoms with Crippen molar-refractivity contribution >= 4 is 11.7 Å². The first-order valence-corrected chi connectivity index (χ1v) is 6.23. The maximum Gasteiger partial charge on any atom is 0.277 e. The molecule has 0 bridgehead atoms. The molecule has 1 amide bonds. The molecule has 1 saturated heterocycles. The molecule has 1 fully saturated rings. The van der Waals surface area contributed by atoms with Gasteiger partial charge in [0.1, 0.15) is 24.1 Å². The Hall–Kier alpha value is -1.68. The molecule has 0 spiro atoms. The van der Waals surface area contributed by atoms with Gasteiger partial charge in [-0.1, -0.05) is 0 Å². The van der Waals surface area contributed by atoms with Crippen LogP contribution in [0, 0.1) is 0 Å². The number of ether oxygens (including phenoxy) is 1. The molecule has 0 aliphatic carbocycles. The van der Waals surface area contributed by atoms with Gasteiger partial charge >= 0.3 is 0 Å². The van der Waals surface area contributed by atoms with E-state index in [-0.39, 0.29) is 11.6 Å². The average Bonchev–Trinajstić information content (AvgIpc) is 2.98. The minimum Gasteiger partial charge on any atom is -0.394 e. The number of aliphatic hydroxyl groups is 3. The quantitative estimate of drug-likeness (QED) is 0.493. The molecule has 0 radical (unpaired) electrons. The summed E-state index contributed by atoms with van der Waals surface area (Å²) < 4.78 is 6.88. The van der Waals surface area contributed by atoms with Gasteiger partial charge in [-0.2, -0.15) is 0 Å². The van der Waals surface area contributed by atoms with Gasteiger partial charge < -0.3 is 30.3 Å². The van der Waals surface area contributed by atoms with Gasteiger partial charge in [0, 0.05) is 7.05 Å². The van der Waals surface area contributed by atoms with Crippen LogP contribution in [0.1, 0.15) is 16.7 Å². The number of aromatic nitrogens is 2. The lowest BCUT2D eigenvalue weighted by atomic mass is 10.1. The second kappa shape index (κ2) is 4.70. The van der Waals surface area contributed by atoms with Crippen LogP contribution in [0.15, 0.2) is 6.33 Å². The van der Waals surface area contributed by atoms with E-state index < -0.39 is 31.1 Å². The number of hydrogen-bond donors (Lipinski definition) is 4. The highest BCUT2D eigenvalue weighted by Gasteiger charge is 2.44. The van der Waals surface area contributed by atoms with Crippen molar-refractivity contribution in [2.45, 2.75) is 24.5 Å². The molecule has 3 heterocycles. The summed E-state index contributed by atoms with van der Waals surface area (Å²) in [5.41, 5.74) is 0.233. The highest BCUT2D eigenvalue weighted by molar-refractivity contribution is 5.98. The molecule has 4 N–H and O–H groups in total. The number of fused-ring (bicyclic) bond motifs is 1. The first-order valence-electron chi connectivity index (χ1n) is 6.23. The standard InChI is InChI=1S/C11H16N4O5/c1-14-3-13-9-6(10(14)19)12-4-15(9)11-8(18)7(17)5(2-16)20-11/h4-5,7-8,11,13,16-18H,2-3H2,1H3/t5-,7-,8-,11-/m1/s1. The number of nitrogens with one attached hydrogen (secondary N) is 1. The lowest BCUT2D eigenvalue weighted by Gasteiger charge is -2.26. The predicted octanol–water partition coefficient (Wildman–Crippen LogP) is -2.05. The normalized spacial score (nSPS) is 33.2. The summed E-state index contributed by atoms with van der Waals surface area (Å²) in [4.78, 5) is 17.4. The van der Waals surface area contributed by atoms with Crippen molar-refractivity contribution in [3.8, 4) is 0 Å². The summed E-state index contributed by atoms with van der Waals surface area (Å²) in [5, 5.41) is 31.8. The van der Waals surface area contributed by atoms with Crippen LogP contribution in [0.5, 0.6) is 0 Å². The van der Waals surface area contributed by atoms with Crippen LogP contribution in [0.2, 0.25) is 0 Å². The number of carbonyl (C=O) groups is 1. The van der Waals surface area contributed by atoms with Crippen LogP contribution < -0.4 is 5.32 Å². The zero-order valence-corrected chi connectivity index (χ0v) is 10.8. The Labute approximate surface area is 114 Å². The van der Waals surface area contributed by atoms with Gasteiger partial charge in [0.05, 0.1) is 19.6 Å². The van der Waals surface area contributed by atoms with Crippen molar-refractivity contribution in [3.63, 3.8) is 0 Å². The van der Waals surface area contributed by atoms with E-state index in [0.29, 0.717) is 12.5 Å². The molecule has 110 valence electrons. The Morgan fingerprint density at radius 2 is 2.25 bits per heavy atom. The molecular formula is C11H16N4O5. The first-order chi connectivity index (χ1) is 9.54. The highest BCUT2D eigenvalue weighted by Crippen LogP contribution is 2.33. The Kier molecular flexibility index (Phi) is 3.13. The Bertz CT molecular complexity index is 533. The Morgan fingerprint density at radius 1 is 1.50 bits per heavy atom. The maximum atomic E-state index is 11.9. The van der Waals surface area contributed by atoms with E-state index in [1.54, 1.807) is 7.05 Å². The van der Waals surface area contributed by atoms with Gasteiger partial charge in [0.25, 0.3) is 5.91 Å². The zero-order valence-electron chi connectivity index (χ0n) is 10.8. The molecule has 2 aliphatic heterocycles. The van der Waals surface area contributed by atoms with Crippen LogP contribution in [0.3, 0.4) is 0 Å². The molecule has 3 rings (SSSR count). The van der Waals surface area contributed by atoms with E-state index in [1.807, 2.05) is 0 Å². The van der Waals surface area contributed by atoms with E-state index in [9.17, 15) is 15.0 Å². The third-order valence-corrected chi connectivity index (χ3v) is 3.62. The van der Waals surface area contributed by atoms with E-state index in [2.05, 4.69) is 10.3 Å². The number of aliphatic hydroxyl groups excluding tert-OH is 3. The summed E-state index contributed by atoms with van der Waals surface area (Å²) in [6.45, 7) is -0.0902. The number of rotatable bonds is 2. The average molecular weight is 284 g/mol. The SMILES string of the molecule is CN1CNc2c(ncn2[C@@H]2O[C@H](CO)[C@@H](O)[C@H]2O)C1=O. The lowest BCUT2D eigenvalue weighted by molar-refractivity contribution is -0.0519. The summed E-state index contributed by atoms with van der Waals surface area (Å²) in [7, 11) is 1.64. The second-order valence-electron chi connectivity index (χ2n) is 4.92. The summed E-state index contributed by atoms with van der Waals surface area (Å²) in [6, 6.07) is 0. The maximum absolute atomic E-state index is 11.9. The minimum atomic E-state index is -1.21. The lowest BCUT2D eigenvalue weighted by Crippen LogP contribution is -2.38. The Balaban J connectivity index is 1.93. The number of amides is 1. The molecular weight excluding hydrogens is 268 g/mol. The van der Waals surface area contributed by atoms with Crippen LogP contribution in [0.4, 0.5) is 5.82 Å². The number of imidazole rings is 1. The first kappa shape index (κ1) is 13.3. The van der Waals surface area contributed by atoms with Gasteiger partial charge in [-0.3, -0.25) is 9.36 Å². The highest BCUT2D eigenvalue weighted by atomic mass is 16.6. The summed E-state index contributed by atoms with van der Waals surface area (Å²) in [5.74, 6) is 0.201. The van der Waals surface area contributed by atoms with Gasteiger partial charge in [-0.15, -0.1) is 0 Å². The number of carbonyl (C=O) groups excluding carboxylic acids is 1. The molecule has 4 atom stereocenters. The monoisotopic (exact) mass is 284 g/mol. The number of nitrogens with zero attached hydrogens (tertiary/aromatic N) is 3. The van der Waals surface area contributed by atoms with Crippen molar-refractivity contribution in [1.29, 1.82) is 0 Å². The third kappa shape index (κ3) is 1.79. The molecule has 9 heteroatoms. The van der Waals surface area contributed by atoms with Crippen LogP contribution in [0.25, 0.3) is 0 Å². The fourth-order valence-corrected chi connectivity index (χ4v) is 2.44. The summed E-state index contributed by atoms with van der Waals surface area (Å²) >= 11 is 0. The van der Waals surface area contributed by atoms with Gasteiger partial charge in [0.2, 0.25) is 0 Å². The molecule has 20 heavy (non-hydrogen) atoms. The molecule has 0 aromatic carbocycles. The van der Waals surface area contributed by atoms with Crippen molar-refractivity contribution in [2.75, 3.05) is 25.6 Å². The van der Waals surface area contributed by atoms with E-state index in [1.165, 1.54) is 15.8 Å². The molecule has 2 aliphatic rings. The van der Waals surface area contributed by atoms with Crippen molar-refractivity contribution < 1.29 is 24.9 Å². The van der Waals surface area contributed by atoms with Gasteiger partial charge in [-0.25, -0.2) is 4.98 Å². The number of hydrogen-bond acceptors (Lipinski definition) is 7. The van der Waals surface area contributed by atoms with Crippen LogP contribution in [-0.4, -0.2) is 74.3 Å². The third-order valence-electron chi connectivity index (χ3n) is 3.62. The van der Waals surface area contributed by atoms with Gasteiger partial charge in [-0.05, 0) is 0 Å². The fourth-order valence-electron chi connectivity index (χ4n) is 2.44. The van der Waals surface area contributed by atoms with Crippen molar-refractivity contribution in [3.05, 3.63) is 12.0 Å². The summed E-state index contributed by atoms with van der Waals surface area (Å²) in [6.07, 6.45) is -2.79. The molecule has 9 nitrogen and oxygen atoms in total. The largest absolute Gasteiger partial charge is 0.394 e. The minimum absolute atomic E-state index is 0.232. The molecule has 0 saturated carbocycles. The van der Waals surface area contributed by atoms with E-state index in [0.717, 1.165) is 0 Å². The second-order valence-corrected chi connectivity index (χ2v) is 4.92. The van der Waals surface area contributed by atoms with Crippen molar-refractivity contribution in [2.24, 2.45) is 0 Å². The van der Waals surface area contributed by atoms with Crippen LogP contribution >= 0.6 is 0 Å². The molecule has 0 unspecified atom stereocenters. The zero-order chi connectivity index (χ0) is 14.4. The van der Waals surface area contributed by atoms with Gasteiger partial charge in [0.15, 0.2) is 11.9 Å². The van der Waals surface area contributed by atoms with E-state index >= 15 is 0 Å². The molecule has 1 aromatic heterocycles. The van der Waals surface area contributed by atoms with Crippen molar-refractivity contribution in [1.82, 2.24) is 14.5 Å². The topological polar surface area (TPSA) is 120 Å². The smallest absolute Gasteiger partial charge is 0.277 e. The number of anilines is 1. The molecule has 1 aromatic rings.